The van der Waals surface area contributed by atoms with Crippen LogP contribution in [-0.4, -0.2) is 28.0 Å². The Morgan fingerprint density at radius 2 is 1.78 bits per heavy atom. The van der Waals surface area contributed by atoms with Crippen LogP contribution in [0, 0.1) is 0 Å². The molecule has 0 saturated heterocycles. The van der Waals surface area contributed by atoms with Gasteiger partial charge in [-0.05, 0) is 36.2 Å². The molecular weight excluding hydrogens is 385 g/mol. The predicted octanol–water partition coefficient (Wildman–Crippen LogP) is 4.12. The maximum absolute atomic E-state index is 12.6. The summed E-state index contributed by atoms with van der Waals surface area (Å²) in [6.45, 7) is 0.599. The van der Waals surface area contributed by atoms with Crippen molar-refractivity contribution in [3.63, 3.8) is 0 Å². The molecule has 3 rings (SSSR count). The second kappa shape index (κ2) is 9.04. The smallest absolute Gasteiger partial charge is 0.292 e. The molecule has 2 N–H and O–H groups in total. The molecule has 0 amide bonds. The van der Waals surface area contributed by atoms with E-state index in [1.165, 1.54) is 10.9 Å². The zero-order valence-electron chi connectivity index (χ0n) is 14.5. The number of rotatable bonds is 7. The Bertz CT molecular complexity index is 944. The second-order valence-corrected chi connectivity index (χ2v) is 6.88. The van der Waals surface area contributed by atoms with Crippen LogP contribution in [0.5, 0.6) is 0 Å². The number of nitrogens with one attached hydrogen (secondary N) is 1. The van der Waals surface area contributed by atoms with Gasteiger partial charge in [0.25, 0.3) is 5.56 Å². The van der Waals surface area contributed by atoms with Gasteiger partial charge in [0.2, 0.25) is 0 Å². The standard InChI is InChI=1S/C20H19Cl2N3O2/c21-16-6-8-17(9-7-16)25-20(27)19(22)18(13-24-25)23-12-15(10-11-26)14-4-2-1-3-5-14/h1-9,13,15,23,26H,10-12H2. The number of aromatic nitrogens is 2. The van der Waals surface area contributed by atoms with E-state index in [2.05, 4.69) is 10.4 Å². The number of benzene rings is 2. The lowest BCUT2D eigenvalue weighted by atomic mass is 9.96. The van der Waals surface area contributed by atoms with Gasteiger partial charge >= 0.3 is 0 Å². The van der Waals surface area contributed by atoms with Gasteiger partial charge in [-0.2, -0.15) is 9.78 Å². The Morgan fingerprint density at radius 1 is 1.07 bits per heavy atom. The maximum atomic E-state index is 12.6. The molecule has 3 aromatic rings. The van der Waals surface area contributed by atoms with E-state index in [1.54, 1.807) is 24.3 Å². The van der Waals surface area contributed by atoms with Crippen molar-refractivity contribution in [2.75, 3.05) is 18.5 Å². The summed E-state index contributed by atoms with van der Waals surface area (Å²) in [5.74, 6) is 0.0889. The monoisotopic (exact) mass is 403 g/mol. The molecule has 1 atom stereocenters. The van der Waals surface area contributed by atoms with E-state index in [0.29, 0.717) is 29.4 Å². The van der Waals surface area contributed by atoms with Crippen LogP contribution in [0.2, 0.25) is 10.0 Å². The Balaban J connectivity index is 1.80. The van der Waals surface area contributed by atoms with Gasteiger partial charge in [-0.25, -0.2) is 0 Å². The summed E-state index contributed by atoms with van der Waals surface area (Å²) in [5.41, 5.74) is 1.74. The molecular formula is C20H19Cl2N3O2. The lowest BCUT2D eigenvalue weighted by Crippen LogP contribution is -2.23. The zero-order valence-corrected chi connectivity index (χ0v) is 16.0. The van der Waals surface area contributed by atoms with Crippen molar-refractivity contribution in [2.24, 2.45) is 0 Å². The molecule has 0 fully saturated rings. The van der Waals surface area contributed by atoms with E-state index in [0.717, 1.165) is 5.56 Å². The van der Waals surface area contributed by atoms with Crippen molar-refractivity contribution in [1.29, 1.82) is 0 Å². The number of nitrogens with zero attached hydrogens (tertiary/aromatic N) is 2. The van der Waals surface area contributed by atoms with Gasteiger partial charge in [0.15, 0.2) is 0 Å². The first kappa shape index (κ1) is 19.4. The molecule has 7 heteroatoms. The fraction of sp³-hybridized carbons (Fsp3) is 0.200. The van der Waals surface area contributed by atoms with E-state index in [9.17, 15) is 9.90 Å². The van der Waals surface area contributed by atoms with Gasteiger partial charge < -0.3 is 10.4 Å². The minimum atomic E-state index is -0.414. The summed E-state index contributed by atoms with van der Waals surface area (Å²) in [6.07, 6.45) is 2.13. The molecule has 0 aliphatic rings. The second-order valence-electron chi connectivity index (χ2n) is 6.07. The minimum absolute atomic E-state index is 0.0655. The molecule has 0 radical (unpaired) electrons. The number of halogens is 2. The molecule has 1 aromatic heterocycles. The summed E-state index contributed by atoms with van der Waals surface area (Å²) in [7, 11) is 0. The van der Waals surface area contributed by atoms with Crippen LogP contribution in [0.1, 0.15) is 17.9 Å². The van der Waals surface area contributed by atoms with Crippen LogP contribution < -0.4 is 10.9 Å². The first-order valence-electron chi connectivity index (χ1n) is 8.53. The van der Waals surface area contributed by atoms with E-state index in [1.807, 2.05) is 30.3 Å². The molecule has 27 heavy (non-hydrogen) atoms. The van der Waals surface area contributed by atoms with Crippen LogP contribution in [0.25, 0.3) is 5.69 Å². The Kier molecular flexibility index (Phi) is 6.50. The number of hydrogen-bond acceptors (Lipinski definition) is 4. The third kappa shape index (κ3) is 4.69. The number of anilines is 1. The average molecular weight is 404 g/mol. The van der Waals surface area contributed by atoms with Crippen molar-refractivity contribution < 1.29 is 5.11 Å². The minimum Gasteiger partial charge on any atom is -0.396 e. The molecule has 1 heterocycles. The van der Waals surface area contributed by atoms with Gasteiger partial charge in [-0.1, -0.05) is 53.5 Å². The first-order valence-corrected chi connectivity index (χ1v) is 9.29. The van der Waals surface area contributed by atoms with Crippen molar-refractivity contribution in [3.8, 4) is 5.69 Å². The zero-order chi connectivity index (χ0) is 19.2. The lowest BCUT2D eigenvalue weighted by Gasteiger charge is -2.18. The van der Waals surface area contributed by atoms with Crippen LogP contribution in [0.15, 0.2) is 65.6 Å². The Hall–Kier alpha value is -2.34. The highest BCUT2D eigenvalue weighted by Crippen LogP contribution is 2.23. The highest BCUT2D eigenvalue weighted by Gasteiger charge is 2.14. The molecule has 140 valence electrons. The number of hydrogen-bond donors (Lipinski definition) is 2. The lowest BCUT2D eigenvalue weighted by molar-refractivity contribution is 0.277. The van der Waals surface area contributed by atoms with E-state index >= 15 is 0 Å². The summed E-state index contributed by atoms with van der Waals surface area (Å²) < 4.78 is 1.23. The maximum Gasteiger partial charge on any atom is 0.292 e. The molecule has 0 saturated carbocycles. The number of aliphatic hydroxyl groups is 1. The highest BCUT2D eigenvalue weighted by molar-refractivity contribution is 6.33. The van der Waals surface area contributed by atoms with Gasteiger partial charge in [0.1, 0.15) is 5.02 Å². The van der Waals surface area contributed by atoms with Crippen molar-refractivity contribution in [1.82, 2.24) is 9.78 Å². The summed E-state index contributed by atoms with van der Waals surface area (Å²) in [4.78, 5) is 12.6. The molecule has 0 bridgehead atoms. The molecule has 0 aliphatic heterocycles. The van der Waals surface area contributed by atoms with Crippen LogP contribution in [0.4, 0.5) is 5.69 Å². The highest BCUT2D eigenvalue weighted by atomic mass is 35.5. The third-order valence-corrected chi connectivity index (χ3v) is 4.89. The van der Waals surface area contributed by atoms with Crippen molar-refractivity contribution >= 4 is 28.9 Å². The fourth-order valence-corrected chi connectivity index (χ4v) is 3.14. The molecule has 2 aromatic carbocycles. The molecule has 1 unspecified atom stereocenters. The van der Waals surface area contributed by atoms with Gasteiger partial charge in [-0.3, -0.25) is 4.79 Å². The van der Waals surface area contributed by atoms with E-state index < -0.39 is 5.56 Å². The van der Waals surface area contributed by atoms with Gasteiger partial charge in [0, 0.05) is 24.1 Å². The fourth-order valence-electron chi connectivity index (χ4n) is 2.82. The Labute approximate surface area is 167 Å². The van der Waals surface area contributed by atoms with Crippen LogP contribution >= 0.6 is 23.2 Å². The SMILES string of the molecule is O=c1c(Cl)c(NCC(CCO)c2ccccc2)cnn1-c1ccc(Cl)cc1. The van der Waals surface area contributed by atoms with E-state index in [4.69, 9.17) is 23.2 Å². The van der Waals surface area contributed by atoms with Crippen molar-refractivity contribution in [2.45, 2.75) is 12.3 Å². The predicted molar refractivity (Wildman–Crippen MR) is 109 cm³/mol. The molecule has 5 nitrogen and oxygen atoms in total. The van der Waals surface area contributed by atoms with Crippen LogP contribution in [-0.2, 0) is 0 Å². The topological polar surface area (TPSA) is 67.2 Å². The summed E-state index contributed by atoms with van der Waals surface area (Å²) in [6, 6.07) is 16.7. The summed E-state index contributed by atoms with van der Waals surface area (Å²) in [5, 5.41) is 17.4. The largest absolute Gasteiger partial charge is 0.396 e. The van der Waals surface area contributed by atoms with E-state index in [-0.39, 0.29) is 17.5 Å². The average Bonchev–Trinajstić information content (AvgIpc) is 2.70. The normalized spacial score (nSPS) is 12.0. The molecule has 0 spiro atoms. The molecule has 0 aliphatic carbocycles. The summed E-state index contributed by atoms with van der Waals surface area (Å²) >= 11 is 12.2. The van der Waals surface area contributed by atoms with Gasteiger partial charge in [0.05, 0.1) is 17.6 Å². The van der Waals surface area contributed by atoms with Crippen LogP contribution in [0.3, 0.4) is 0 Å². The van der Waals surface area contributed by atoms with Gasteiger partial charge in [-0.15, -0.1) is 0 Å². The number of aliphatic hydroxyl groups excluding tert-OH is 1. The quantitative estimate of drug-likeness (QED) is 0.622. The Morgan fingerprint density at radius 3 is 2.44 bits per heavy atom. The third-order valence-electron chi connectivity index (χ3n) is 4.28. The van der Waals surface area contributed by atoms with Crippen molar-refractivity contribution in [3.05, 3.63) is 86.8 Å². The first-order chi connectivity index (χ1) is 13.1.